The van der Waals surface area contributed by atoms with Crippen LogP contribution < -0.4 is 10.6 Å². The van der Waals surface area contributed by atoms with Crippen LogP contribution in [0.3, 0.4) is 0 Å². The van der Waals surface area contributed by atoms with Gasteiger partial charge in [-0.15, -0.1) is 0 Å². The van der Waals surface area contributed by atoms with Gasteiger partial charge in [0.25, 0.3) is 0 Å². The molecule has 0 aliphatic carbocycles. The fraction of sp³-hybridized carbons (Fsp3) is 0.522. The van der Waals surface area contributed by atoms with E-state index in [1.807, 2.05) is 61.9 Å². The number of nitrogens with one attached hydrogen (secondary N) is 2. The van der Waals surface area contributed by atoms with E-state index in [0.29, 0.717) is 12.2 Å². The van der Waals surface area contributed by atoms with Crippen LogP contribution in [0, 0.1) is 0 Å². The average Bonchev–Trinajstić information content (AvgIpc) is 3.05. The van der Waals surface area contributed by atoms with Crippen LogP contribution in [0.1, 0.15) is 52.8 Å². The number of nitrogens with zero attached hydrogens (tertiary/aromatic N) is 3. The number of carbonyl (C=O) groups is 2. The molecule has 0 bridgehead atoms. The van der Waals surface area contributed by atoms with Gasteiger partial charge >= 0.3 is 6.03 Å². The largest absolute Gasteiger partial charge is 0.347 e. The highest BCUT2D eigenvalue weighted by Gasteiger charge is 2.27. The number of urea groups is 1. The molecule has 7 heteroatoms. The summed E-state index contributed by atoms with van der Waals surface area (Å²) in [6.45, 7) is 12.3. The molecular weight excluding hydrogens is 378 g/mol. The van der Waals surface area contributed by atoms with E-state index >= 15 is 0 Å². The second-order valence-corrected chi connectivity index (χ2v) is 9.82. The number of benzene rings is 1. The monoisotopic (exact) mass is 413 g/mol. The number of rotatable bonds is 5. The summed E-state index contributed by atoms with van der Waals surface area (Å²) >= 11 is 0. The zero-order chi connectivity index (χ0) is 22.7. The van der Waals surface area contributed by atoms with Crippen LogP contribution >= 0.6 is 0 Å². The molecule has 2 aromatic rings. The molecular formula is C23H35N5O2. The Hall–Kier alpha value is -2.83. The Morgan fingerprint density at radius 1 is 1.07 bits per heavy atom. The Morgan fingerprint density at radius 2 is 1.67 bits per heavy atom. The lowest BCUT2D eigenvalue weighted by Crippen LogP contribution is -2.49. The number of likely N-dealkylation sites (N-methyl/N-ethyl adjacent to an activating group) is 1. The number of hydrogen-bond donors (Lipinski definition) is 2. The molecule has 2 rings (SSSR count). The van der Waals surface area contributed by atoms with Crippen molar-refractivity contribution >= 4 is 17.8 Å². The Morgan fingerprint density at radius 3 is 2.17 bits per heavy atom. The maximum atomic E-state index is 12.8. The zero-order valence-corrected chi connectivity index (χ0v) is 19.4. The average molecular weight is 414 g/mol. The molecule has 0 saturated carbocycles. The van der Waals surface area contributed by atoms with Crippen molar-refractivity contribution in [1.82, 2.24) is 20.0 Å². The van der Waals surface area contributed by atoms with Gasteiger partial charge < -0.3 is 10.2 Å². The van der Waals surface area contributed by atoms with E-state index in [2.05, 4.69) is 31.4 Å². The molecule has 1 aromatic heterocycles. The lowest BCUT2D eigenvalue weighted by Gasteiger charge is -2.24. The molecule has 0 aliphatic heterocycles. The first-order valence-electron chi connectivity index (χ1n) is 10.2. The highest BCUT2D eigenvalue weighted by atomic mass is 16.2. The van der Waals surface area contributed by atoms with Gasteiger partial charge in [0.15, 0.2) is 0 Å². The van der Waals surface area contributed by atoms with Gasteiger partial charge in [0.2, 0.25) is 5.91 Å². The van der Waals surface area contributed by atoms with Crippen molar-refractivity contribution in [3.8, 4) is 0 Å². The molecule has 0 radical (unpaired) electrons. The smallest absolute Gasteiger partial charge is 0.321 e. The first-order valence-corrected chi connectivity index (χ1v) is 10.2. The molecule has 1 unspecified atom stereocenters. The molecule has 3 amide bonds. The van der Waals surface area contributed by atoms with E-state index in [1.165, 1.54) is 4.90 Å². The molecule has 1 aromatic carbocycles. The first kappa shape index (κ1) is 23.4. The van der Waals surface area contributed by atoms with Gasteiger partial charge in [0.1, 0.15) is 11.9 Å². The predicted molar refractivity (Wildman–Crippen MR) is 121 cm³/mol. The zero-order valence-electron chi connectivity index (χ0n) is 19.4. The van der Waals surface area contributed by atoms with Crippen molar-refractivity contribution in [2.24, 2.45) is 0 Å². The molecule has 0 fully saturated rings. The Balaban J connectivity index is 2.24. The van der Waals surface area contributed by atoms with Crippen molar-refractivity contribution in [1.29, 1.82) is 0 Å². The van der Waals surface area contributed by atoms with E-state index in [4.69, 9.17) is 5.10 Å². The second kappa shape index (κ2) is 8.90. The Labute approximate surface area is 179 Å². The maximum Gasteiger partial charge on any atom is 0.321 e. The Kier molecular flexibility index (Phi) is 6.95. The normalized spacial score (nSPS) is 12.9. The van der Waals surface area contributed by atoms with Gasteiger partial charge in [-0.05, 0) is 26.3 Å². The molecule has 164 valence electrons. The molecule has 1 heterocycles. The van der Waals surface area contributed by atoms with Gasteiger partial charge in [-0.2, -0.15) is 5.10 Å². The third-order valence-electron chi connectivity index (χ3n) is 4.68. The van der Waals surface area contributed by atoms with Crippen molar-refractivity contribution in [3.63, 3.8) is 0 Å². The van der Waals surface area contributed by atoms with Crippen molar-refractivity contribution in [2.45, 2.75) is 65.0 Å². The minimum Gasteiger partial charge on any atom is -0.347 e. The highest BCUT2D eigenvalue weighted by molar-refractivity contribution is 5.93. The van der Waals surface area contributed by atoms with Gasteiger partial charge in [0.05, 0.1) is 11.2 Å². The molecule has 0 spiro atoms. The van der Waals surface area contributed by atoms with Gasteiger partial charge in [-0.25, -0.2) is 9.48 Å². The van der Waals surface area contributed by atoms with E-state index in [-0.39, 0.29) is 16.9 Å². The van der Waals surface area contributed by atoms with Crippen molar-refractivity contribution in [2.75, 3.05) is 19.4 Å². The third kappa shape index (κ3) is 6.08. The maximum absolute atomic E-state index is 12.8. The molecule has 2 N–H and O–H groups in total. The number of aromatic nitrogens is 2. The van der Waals surface area contributed by atoms with Crippen LogP contribution in [-0.4, -0.2) is 46.8 Å². The van der Waals surface area contributed by atoms with Gasteiger partial charge in [-0.1, -0.05) is 51.1 Å². The molecule has 0 aliphatic rings. The highest BCUT2D eigenvalue weighted by Crippen LogP contribution is 2.28. The second-order valence-electron chi connectivity index (χ2n) is 9.82. The van der Waals surface area contributed by atoms with Crippen molar-refractivity contribution in [3.05, 3.63) is 47.7 Å². The standard InChI is InChI=1S/C23H35N5O2/c1-22(2,3)18-15-19(28(26-18)23(4,5)6)25-21(30)24-17(20(29)27(7)8)14-16-12-10-9-11-13-16/h9-13,15,17H,14H2,1-8H3,(H2,24,25,30). The van der Waals surface area contributed by atoms with Gasteiger partial charge in [0, 0.05) is 32.0 Å². The SMILES string of the molecule is CN(C)C(=O)C(Cc1ccccc1)NC(=O)Nc1cc(C(C)(C)C)nn1C(C)(C)C. The molecule has 7 nitrogen and oxygen atoms in total. The summed E-state index contributed by atoms with van der Waals surface area (Å²) in [6.07, 6.45) is 0.414. The lowest BCUT2D eigenvalue weighted by atomic mass is 9.92. The number of hydrogen-bond acceptors (Lipinski definition) is 3. The number of carbonyl (C=O) groups excluding carboxylic acids is 2. The summed E-state index contributed by atoms with van der Waals surface area (Å²) in [6, 6.07) is 10.4. The van der Waals surface area contributed by atoms with Crippen LogP contribution in [0.15, 0.2) is 36.4 Å². The van der Waals surface area contributed by atoms with Crippen LogP contribution in [0.25, 0.3) is 0 Å². The summed E-state index contributed by atoms with van der Waals surface area (Å²) in [4.78, 5) is 27.0. The summed E-state index contributed by atoms with van der Waals surface area (Å²) in [5, 5.41) is 10.5. The molecule has 0 saturated heterocycles. The van der Waals surface area contributed by atoms with Crippen LogP contribution in [0.2, 0.25) is 0 Å². The predicted octanol–water partition coefficient (Wildman–Crippen LogP) is 3.76. The fourth-order valence-corrected chi connectivity index (χ4v) is 3.02. The summed E-state index contributed by atoms with van der Waals surface area (Å²) < 4.78 is 1.81. The third-order valence-corrected chi connectivity index (χ3v) is 4.68. The minimum absolute atomic E-state index is 0.153. The summed E-state index contributed by atoms with van der Waals surface area (Å²) in [5.41, 5.74) is 1.40. The van der Waals surface area contributed by atoms with E-state index in [1.54, 1.807) is 14.1 Å². The fourth-order valence-electron chi connectivity index (χ4n) is 3.02. The molecule has 30 heavy (non-hydrogen) atoms. The summed E-state index contributed by atoms with van der Waals surface area (Å²) in [5.74, 6) is 0.439. The molecule has 1 atom stereocenters. The van der Waals surface area contributed by atoms with Crippen LogP contribution in [0.5, 0.6) is 0 Å². The van der Waals surface area contributed by atoms with E-state index in [9.17, 15) is 9.59 Å². The minimum atomic E-state index is -0.671. The van der Waals surface area contributed by atoms with E-state index < -0.39 is 12.1 Å². The lowest BCUT2D eigenvalue weighted by molar-refractivity contribution is -0.130. The topological polar surface area (TPSA) is 79.3 Å². The first-order chi connectivity index (χ1) is 13.8. The summed E-state index contributed by atoms with van der Waals surface area (Å²) in [7, 11) is 3.37. The van der Waals surface area contributed by atoms with Gasteiger partial charge in [-0.3, -0.25) is 10.1 Å². The number of amides is 3. The van der Waals surface area contributed by atoms with Crippen LogP contribution in [-0.2, 0) is 22.2 Å². The quantitative estimate of drug-likeness (QED) is 0.783. The Bertz CT molecular complexity index is 873. The van der Waals surface area contributed by atoms with E-state index in [0.717, 1.165) is 11.3 Å². The number of anilines is 1. The van der Waals surface area contributed by atoms with Crippen molar-refractivity contribution < 1.29 is 9.59 Å². The van der Waals surface area contributed by atoms with Crippen LogP contribution in [0.4, 0.5) is 10.6 Å².